The molecule has 3 rings (SSSR count). The molecule has 5 heteroatoms. The lowest BCUT2D eigenvalue weighted by atomic mass is 9.82. The number of hydrogen-bond acceptors (Lipinski definition) is 3. The van der Waals surface area contributed by atoms with Gasteiger partial charge < -0.3 is 19.7 Å². The van der Waals surface area contributed by atoms with Gasteiger partial charge in [0.15, 0.2) is 11.5 Å². The lowest BCUT2D eigenvalue weighted by Gasteiger charge is -2.22. The smallest absolute Gasteiger partial charge is 0.317 e. The van der Waals surface area contributed by atoms with E-state index in [0.29, 0.717) is 18.0 Å². The normalized spacial score (nSPS) is 23.3. The molecule has 1 heterocycles. The Kier molecular flexibility index (Phi) is 4.94. The van der Waals surface area contributed by atoms with E-state index in [9.17, 15) is 4.79 Å². The van der Waals surface area contributed by atoms with Crippen LogP contribution in [0.15, 0.2) is 18.2 Å². The van der Waals surface area contributed by atoms with Gasteiger partial charge in [-0.3, -0.25) is 0 Å². The van der Waals surface area contributed by atoms with Gasteiger partial charge in [-0.05, 0) is 42.4 Å². The van der Waals surface area contributed by atoms with Crippen LogP contribution in [0.4, 0.5) is 4.79 Å². The van der Waals surface area contributed by atoms with E-state index in [0.717, 1.165) is 30.5 Å². The highest BCUT2D eigenvalue weighted by molar-refractivity contribution is 5.74. The number of amides is 2. The van der Waals surface area contributed by atoms with E-state index in [-0.39, 0.29) is 6.03 Å². The largest absolute Gasteiger partial charge is 0.493 e. The molecule has 1 aromatic carbocycles. The number of urea groups is 1. The zero-order valence-electron chi connectivity index (χ0n) is 14.0. The van der Waals surface area contributed by atoms with Crippen molar-refractivity contribution in [3.63, 3.8) is 0 Å². The van der Waals surface area contributed by atoms with E-state index in [1.165, 1.54) is 25.7 Å². The predicted octanol–water partition coefficient (Wildman–Crippen LogP) is 3.04. The molecule has 23 heavy (non-hydrogen) atoms. The molecule has 2 aliphatic rings. The Balaban J connectivity index is 1.55. The maximum Gasteiger partial charge on any atom is 0.317 e. The molecule has 2 atom stereocenters. The van der Waals surface area contributed by atoms with E-state index in [1.807, 2.05) is 23.1 Å². The van der Waals surface area contributed by atoms with Crippen molar-refractivity contribution < 1.29 is 14.3 Å². The summed E-state index contributed by atoms with van der Waals surface area (Å²) in [5, 5.41) is 3.03. The maximum absolute atomic E-state index is 12.4. The summed E-state index contributed by atoms with van der Waals surface area (Å²) in [5.41, 5.74) is 1.01. The number of rotatable bonds is 4. The molecule has 1 aliphatic carbocycles. The van der Waals surface area contributed by atoms with Crippen molar-refractivity contribution in [2.75, 3.05) is 27.3 Å². The highest BCUT2D eigenvalue weighted by Crippen LogP contribution is 2.36. The van der Waals surface area contributed by atoms with Gasteiger partial charge in [0, 0.05) is 19.6 Å². The molecule has 1 aliphatic heterocycles. The van der Waals surface area contributed by atoms with Gasteiger partial charge in [0.25, 0.3) is 0 Å². The molecule has 0 aromatic heterocycles. The molecular weight excluding hydrogens is 292 g/mol. The molecule has 0 radical (unpaired) electrons. The number of methoxy groups -OCH3 is 2. The third kappa shape index (κ3) is 3.54. The zero-order chi connectivity index (χ0) is 16.2. The Labute approximate surface area is 137 Å². The quantitative estimate of drug-likeness (QED) is 0.928. The fourth-order valence-corrected chi connectivity index (χ4v) is 3.85. The van der Waals surface area contributed by atoms with Crippen LogP contribution in [0.3, 0.4) is 0 Å². The van der Waals surface area contributed by atoms with Crippen LogP contribution in [-0.2, 0) is 6.54 Å². The SMILES string of the molecule is COc1ccc(CNC(=O)N2CC3CCCCC3C2)cc1OC. The Morgan fingerprint density at radius 2 is 1.78 bits per heavy atom. The van der Waals surface area contributed by atoms with Crippen LogP contribution < -0.4 is 14.8 Å². The van der Waals surface area contributed by atoms with Gasteiger partial charge in [0.05, 0.1) is 14.2 Å². The van der Waals surface area contributed by atoms with Crippen molar-refractivity contribution in [1.82, 2.24) is 10.2 Å². The van der Waals surface area contributed by atoms with Crippen LogP contribution >= 0.6 is 0 Å². The van der Waals surface area contributed by atoms with Crippen molar-refractivity contribution in [3.8, 4) is 11.5 Å². The minimum atomic E-state index is 0.0502. The summed E-state index contributed by atoms with van der Waals surface area (Å²) in [5.74, 6) is 2.82. The van der Waals surface area contributed by atoms with Crippen LogP contribution in [-0.4, -0.2) is 38.2 Å². The van der Waals surface area contributed by atoms with Crippen molar-refractivity contribution in [2.24, 2.45) is 11.8 Å². The molecule has 2 fully saturated rings. The van der Waals surface area contributed by atoms with Gasteiger partial charge in [0.1, 0.15) is 0 Å². The van der Waals surface area contributed by atoms with E-state index in [2.05, 4.69) is 5.32 Å². The van der Waals surface area contributed by atoms with Crippen LogP contribution in [0.5, 0.6) is 11.5 Å². The van der Waals surface area contributed by atoms with Gasteiger partial charge in [-0.1, -0.05) is 18.9 Å². The number of benzene rings is 1. The van der Waals surface area contributed by atoms with E-state index in [1.54, 1.807) is 14.2 Å². The topological polar surface area (TPSA) is 50.8 Å². The second-order valence-corrected chi connectivity index (χ2v) is 6.56. The number of carbonyl (C=O) groups excluding carboxylic acids is 1. The van der Waals surface area contributed by atoms with Crippen molar-refractivity contribution in [3.05, 3.63) is 23.8 Å². The summed E-state index contributed by atoms with van der Waals surface area (Å²) in [4.78, 5) is 14.4. The molecule has 126 valence electrons. The molecule has 2 unspecified atom stereocenters. The van der Waals surface area contributed by atoms with Crippen molar-refractivity contribution >= 4 is 6.03 Å². The molecule has 5 nitrogen and oxygen atoms in total. The number of hydrogen-bond donors (Lipinski definition) is 1. The molecule has 0 bridgehead atoms. The summed E-state index contributed by atoms with van der Waals surface area (Å²) in [6.45, 7) is 2.34. The molecule has 1 aromatic rings. The van der Waals surface area contributed by atoms with E-state index >= 15 is 0 Å². The average Bonchev–Trinajstić information content (AvgIpc) is 3.03. The maximum atomic E-state index is 12.4. The summed E-state index contributed by atoms with van der Waals surface area (Å²) in [6, 6.07) is 5.77. The van der Waals surface area contributed by atoms with Crippen molar-refractivity contribution in [2.45, 2.75) is 32.2 Å². The van der Waals surface area contributed by atoms with Crippen LogP contribution in [0.1, 0.15) is 31.2 Å². The molecule has 0 spiro atoms. The predicted molar refractivity (Wildman–Crippen MR) is 88.8 cm³/mol. The Morgan fingerprint density at radius 3 is 2.39 bits per heavy atom. The molecule has 1 N–H and O–H groups in total. The first kappa shape index (κ1) is 16.0. The van der Waals surface area contributed by atoms with Crippen molar-refractivity contribution in [1.29, 1.82) is 0 Å². The lowest BCUT2D eigenvalue weighted by molar-refractivity contribution is 0.206. The van der Waals surface area contributed by atoms with Crippen LogP contribution in [0.2, 0.25) is 0 Å². The fraction of sp³-hybridized carbons (Fsp3) is 0.611. The minimum Gasteiger partial charge on any atom is -0.493 e. The number of nitrogens with one attached hydrogen (secondary N) is 1. The molecule has 2 amide bonds. The monoisotopic (exact) mass is 318 g/mol. The number of fused-ring (bicyclic) bond motifs is 1. The standard InChI is InChI=1S/C18H26N2O3/c1-22-16-8-7-13(9-17(16)23-2)10-19-18(21)20-11-14-5-3-4-6-15(14)12-20/h7-9,14-15H,3-6,10-12H2,1-2H3,(H,19,21). The number of nitrogens with zero attached hydrogens (tertiary/aromatic N) is 1. The highest BCUT2D eigenvalue weighted by atomic mass is 16.5. The minimum absolute atomic E-state index is 0.0502. The number of carbonyl (C=O) groups is 1. The first-order chi connectivity index (χ1) is 11.2. The Hall–Kier alpha value is -1.91. The molecular formula is C18H26N2O3. The highest BCUT2D eigenvalue weighted by Gasteiger charge is 2.36. The first-order valence-electron chi connectivity index (χ1n) is 8.45. The first-order valence-corrected chi connectivity index (χ1v) is 8.45. The zero-order valence-corrected chi connectivity index (χ0v) is 14.0. The molecule has 1 saturated heterocycles. The average molecular weight is 318 g/mol. The summed E-state index contributed by atoms with van der Waals surface area (Å²) in [7, 11) is 3.23. The summed E-state index contributed by atoms with van der Waals surface area (Å²) < 4.78 is 10.5. The van der Waals surface area contributed by atoms with Crippen LogP contribution in [0.25, 0.3) is 0 Å². The fourth-order valence-electron chi connectivity index (χ4n) is 3.85. The van der Waals surface area contributed by atoms with Gasteiger partial charge in [-0.2, -0.15) is 0 Å². The lowest BCUT2D eigenvalue weighted by Crippen LogP contribution is -2.38. The number of ether oxygens (including phenoxy) is 2. The third-order valence-electron chi connectivity index (χ3n) is 5.16. The van der Waals surface area contributed by atoms with E-state index < -0.39 is 0 Å². The second kappa shape index (κ2) is 7.11. The molecule has 1 saturated carbocycles. The van der Waals surface area contributed by atoms with Gasteiger partial charge in [-0.15, -0.1) is 0 Å². The Bertz CT molecular complexity index is 547. The van der Waals surface area contributed by atoms with E-state index in [4.69, 9.17) is 9.47 Å². The summed E-state index contributed by atoms with van der Waals surface area (Å²) >= 11 is 0. The summed E-state index contributed by atoms with van der Waals surface area (Å²) in [6.07, 6.45) is 5.21. The van der Waals surface area contributed by atoms with Gasteiger partial charge >= 0.3 is 6.03 Å². The van der Waals surface area contributed by atoms with Gasteiger partial charge in [-0.25, -0.2) is 4.79 Å². The van der Waals surface area contributed by atoms with Gasteiger partial charge in [0.2, 0.25) is 0 Å². The van der Waals surface area contributed by atoms with Crippen LogP contribution in [0, 0.1) is 11.8 Å². The Morgan fingerprint density at radius 1 is 1.13 bits per heavy atom. The second-order valence-electron chi connectivity index (χ2n) is 6.56. The third-order valence-corrected chi connectivity index (χ3v) is 5.16. The number of likely N-dealkylation sites (tertiary alicyclic amines) is 1.